The number of imidazole rings is 1. The van der Waals surface area contributed by atoms with Crippen LogP contribution in [0.5, 0.6) is 5.75 Å². The first-order valence-electron chi connectivity index (χ1n) is 9.10. The van der Waals surface area contributed by atoms with Crippen molar-refractivity contribution >= 4 is 35.2 Å². The summed E-state index contributed by atoms with van der Waals surface area (Å²) in [6.07, 6.45) is 5.92. The van der Waals surface area contributed by atoms with Crippen LogP contribution in [0.4, 0.5) is 5.82 Å². The van der Waals surface area contributed by atoms with E-state index >= 15 is 0 Å². The Balaban J connectivity index is 1.76. The van der Waals surface area contributed by atoms with Gasteiger partial charge in [-0.2, -0.15) is 0 Å². The van der Waals surface area contributed by atoms with E-state index in [0.29, 0.717) is 59.7 Å². The van der Waals surface area contributed by atoms with Crippen LogP contribution in [0.2, 0.25) is 0 Å². The molecule has 3 N–H and O–H groups in total. The van der Waals surface area contributed by atoms with Gasteiger partial charge in [-0.25, -0.2) is 19.9 Å². The van der Waals surface area contributed by atoms with Crippen LogP contribution in [0.1, 0.15) is 6.42 Å². The number of nitrogens with one attached hydrogen (secondary N) is 1. The van der Waals surface area contributed by atoms with Crippen molar-refractivity contribution in [1.82, 2.24) is 29.8 Å². The van der Waals surface area contributed by atoms with Gasteiger partial charge in [0, 0.05) is 18.0 Å². The average Bonchev–Trinajstić information content (AvgIpc) is 3.41. The van der Waals surface area contributed by atoms with E-state index in [1.807, 2.05) is 22.8 Å². The maximum Gasteiger partial charge on any atom is 0.227 e. The van der Waals surface area contributed by atoms with E-state index in [2.05, 4.69) is 25.3 Å². The summed E-state index contributed by atoms with van der Waals surface area (Å²) in [5, 5.41) is 3.35. The highest BCUT2D eigenvalue weighted by atomic mass is 32.2. The standard InChI is InChI=1S/C19H19N7O3S/c1-28-12-3-4-13(18-22-6-8-29-18)14(9-12)30-19-25-15-16(20)23-10-24-17(15)26(19)7-2-5-21-11-27/h3-4,6,8-11H,2,5,7H2,1H3,(H,21,27)(H2,20,23,24). The molecule has 0 aliphatic heterocycles. The molecule has 0 spiro atoms. The van der Waals surface area contributed by atoms with Crippen LogP contribution in [0, 0.1) is 0 Å². The topological polar surface area (TPSA) is 134 Å². The molecule has 0 saturated heterocycles. The van der Waals surface area contributed by atoms with Gasteiger partial charge < -0.3 is 24.8 Å². The average molecular weight is 425 g/mol. The summed E-state index contributed by atoms with van der Waals surface area (Å²) in [4.78, 5) is 28.7. The molecule has 154 valence electrons. The lowest BCUT2D eigenvalue weighted by Crippen LogP contribution is -2.14. The van der Waals surface area contributed by atoms with Crippen molar-refractivity contribution in [3.63, 3.8) is 0 Å². The number of hydrogen-bond donors (Lipinski definition) is 2. The Morgan fingerprint density at radius 1 is 1.33 bits per heavy atom. The molecular formula is C19H19N7O3S. The monoisotopic (exact) mass is 425 g/mol. The molecular weight excluding hydrogens is 406 g/mol. The number of anilines is 1. The summed E-state index contributed by atoms with van der Waals surface area (Å²) in [6.45, 7) is 1.13. The number of amides is 1. The van der Waals surface area contributed by atoms with Crippen LogP contribution in [0.25, 0.3) is 22.6 Å². The van der Waals surface area contributed by atoms with Gasteiger partial charge in [-0.3, -0.25) is 4.79 Å². The molecule has 4 rings (SSSR count). The van der Waals surface area contributed by atoms with Gasteiger partial charge in [-0.15, -0.1) is 0 Å². The number of carbonyl (C=O) groups excluding carboxylic acids is 1. The van der Waals surface area contributed by atoms with Crippen LogP contribution < -0.4 is 15.8 Å². The zero-order valence-corrected chi connectivity index (χ0v) is 16.9. The third kappa shape index (κ3) is 3.92. The number of nitrogens with zero attached hydrogens (tertiary/aromatic N) is 5. The highest BCUT2D eigenvalue weighted by Crippen LogP contribution is 2.38. The minimum atomic E-state index is 0.310. The fourth-order valence-corrected chi connectivity index (χ4v) is 4.02. The number of aryl methyl sites for hydroxylation is 1. The SMILES string of the molecule is COc1ccc(-c2ncco2)c(Sc2nc3c(N)ncnc3n2CCCNC=O)c1. The third-order valence-electron chi connectivity index (χ3n) is 4.36. The molecule has 3 heterocycles. The Bertz CT molecular complexity index is 1160. The maximum absolute atomic E-state index is 10.5. The molecule has 3 aromatic heterocycles. The van der Waals surface area contributed by atoms with Crippen molar-refractivity contribution in [2.75, 3.05) is 19.4 Å². The Kier molecular flexibility index (Phi) is 5.80. The summed E-state index contributed by atoms with van der Waals surface area (Å²) in [6, 6.07) is 5.64. The molecule has 0 aliphatic carbocycles. The molecule has 0 atom stereocenters. The lowest BCUT2D eigenvalue weighted by Gasteiger charge is -2.11. The number of fused-ring (bicyclic) bond motifs is 1. The fraction of sp³-hybridized carbons (Fsp3) is 0.211. The molecule has 0 unspecified atom stereocenters. The Morgan fingerprint density at radius 3 is 3.00 bits per heavy atom. The summed E-state index contributed by atoms with van der Waals surface area (Å²) in [5.74, 6) is 1.51. The molecule has 1 aromatic carbocycles. The number of oxazole rings is 1. The van der Waals surface area contributed by atoms with E-state index < -0.39 is 0 Å². The highest BCUT2D eigenvalue weighted by Gasteiger charge is 2.19. The van der Waals surface area contributed by atoms with Crippen molar-refractivity contribution in [3.8, 4) is 17.2 Å². The van der Waals surface area contributed by atoms with Gasteiger partial charge in [0.05, 0.1) is 18.9 Å². The maximum atomic E-state index is 10.5. The van der Waals surface area contributed by atoms with Gasteiger partial charge in [0.25, 0.3) is 0 Å². The Hall–Kier alpha value is -3.60. The summed E-state index contributed by atoms with van der Waals surface area (Å²) in [5.41, 5.74) is 8.00. The van der Waals surface area contributed by atoms with E-state index in [1.165, 1.54) is 24.4 Å². The smallest absolute Gasteiger partial charge is 0.227 e. The fourth-order valence-electron chi connectivity index (χ4n) is 2.96. The second-order valence-electron chi connectivity index (χ2n) is 6.20. The van der Waals surface area contributed by atoms with Crippen molar-refractivity contribution < 1.29 is 13.9 Å². The molecule has 11 heteroatoms. The zero-order chi connectivity index (χ0) is 20.9. The minimum absolute atomic E-state index is 0.310. The number of hydrogen-bond acceptors (Lipinski definition) is 9. The van der Waals surface area contributed by atoms with Crippen molar-refractivity contribution in [2.24, 2.45) is 0 Å². The first-order chi connectivity index (χ1) is 14.7. The number of nitrogen functional groups attached to an aromatic ring is 1. The predicted octanol–water partition coefficient (Wildman–Crippen LogP) is 2.36. The van der Waals surface area contributed by atoms with Crippen molar-refractivity contribution in [1.29, 1.82) is 0 Å². The van der Waals surface area contributed by atoms with Gasteiger partial charge >= 0.3 is 0 Å². The quantitative estimate of drug-likeness (QED) is 0.306. The van der Waals surface area contributed by atoms with Crippen LogP contribution >= 0.6 is 11.8 Å². The summed E-state index contributed by atoms with van der Waals surface area (Å²) in [7, 11) is 1.61. The summed E-state index contributed by atoms with van der Waals surface area (Å²) >= 11 is 1.43. The van der Waals surface area contributed by atoms with Crippen LogP contribution in [-0.4, -0.2) is 44.6 Å². The first kappa shape index (κ1) is 19.7. The van der Waals surface area contributed by atoms with Crippen LogP contribution in [0.3, 0.4) is 0 Å². The van der Waals surface area contributed by atoms with E-state index in [4.69, 9.17) is 14.9 Å². The van der Waals surface area contributed by atoms with Gasteiger partial charge in [-0.05, 0) is 24.6 Å². The second-order valence-corrected chi connectivity index (χ2v) is 7.21. The van der Waals surface area contributed by atoms with E-state index in [-0.39, 0.29) is 0 Å². The number of ether oxygens (including phenoxy) is 1. The molecule has 0 saturated carbocycles. The largest absolute Gasteiger partial charge is 0.497 e. The number of carbonyl (C=O) groups is 1. The molecule has 0 radical (unpaired) electrons. The first-order valence-corrected chi connectivity index (χ1v) is 9.92. The Labute approximate surface area is 175 Å². The van der Waals surface area contributed by atoms with Crippen molar-refractivity contribution in [2.45, 2.75) is 23.0 Å². The molecule has 30 heavy (non-hydrogen) atoms. The lowest BCUT2D eigenvalue weighted by molar-refractivity contribution is -0.109. The van der Waals surface area contributed by atoms with Crippen LogP contribution in [0.15, 0.2) is 51.5 Å². The second kappa shape index (κ2) is 8.82. The number of nitrogens with two attached hydrogens (primary N) is 1. The van der Waals surface area contributed by atoms with Gasteiger partial charge in [0.1, 0.15) is 18.3 Å². The van der Waals surface area contributed by atoms with Gasteiger partial charge in [-0.1, -0.05) is 11.8 Å². The summed E-state index contributed by atoms with van der Waals surface area (Å²) < 4.78 is 12.8. The van der Waals surface area contributed by atoms with E-state index in [9.17, 15) is 4.79 Å². The lowest BCUT2D eigenvalue weighted by atomic mass is 10.2. The number of rotatable bonds is 9. The van der Waals surface area contributed by atoms with E-state index in [0.717, 1.165) is 10.5 Å². The molecule has 1 amide bonds. The molecule has 0 bridgehead atoms. The van der Waals surface area contributed by atoms with Crippen molar-refractivity contribution in [3.05, 3.63) is 37.0 Å². The Morgan fingerprint density at radius 2 is 2.23 bits per heavy atom. The third-order valence-corrected chi connectivity index (χ3v) is 5.42. The normalized spacial score (nSPS) is 11.0. The molecule has 10 nitrogen and oxygen atoms in total. The molecule has 0 aliphatic rings. The minimum Gasteiger partial charge on any atom is -0.497 e. The number of benzene rings is 1. The highest BCUT2D eigenvalue weighted by molar-refractivity contribution is 7.99. The molecule has 4 aromatic rings. The van der Waals surface area contributed by atoms with Crippen LogP contribution in [-0.2, 0) is 11.3 Å². The number of aromatic nitrogens is 5. The zero-order valence-electron chi connectivity index (χ0n) is 16.1. The predicted molar refractivity (Wildman–Crippen MR) is 111 cm³/mol. The molecule has 0 fully saturated rings. The van der Waals surface area contributed by atoms with Gasteiger partial charge in [0.15, 0.2) is 22.1 Å². The van der Waals surface area contributed by atoms with E-state index in [1.54, 1.807) is 13.3 Å². The number of methoxy groups -OCH3 is 1. The van der Waals surface area contributed by atoms with Gasteiger partial charge in [0.2, 0.25) is 12.3 Å².